The van der Waals surface area contributed by atoms with Crippen molar-refractivity contribution in [1.29, 1.82) is 0 Å². The molecular formula is C11H14N2O4S. The Hall–Kier alpha value is -1.60. The molecule has 0 spiro atoms. The topological polar surface area (TPSA) is 95.5 Å². The third kappa shape index (κ3) is 4.34. The molecule has 1 rings (SSSR count). The van der Waals surface area contributed by atoms with E-state index in [-0.39, 0.29) is 5.69 Å². The monoisotopic (exact) mass is 270 g/mol. The van der Waals surface area contributed by atoms with E-state index in [0.29, 0.717) is 12.2 Å². The molecule has 0 aliphatic carbocycles. The average Bonchev–Trinajstić information content (AvgIpc) is 2.38. The number of methoxy groups -OCH3 is 1. The highest BCUT2D eigenvalue weighted by molar-refractivity contribution is 7.99. The number of rotatable bonds is 6. The molecule has 0 fully saturated rings. The van der Waals surface area contributed by atoms with E-state index < -0.39 is 16.9 Å². The molecule has 2 N–H and O–H groups in total. The molecule has 0 saturated heterocycles. The fourth-order valence-electron chi connectivity index (χ4n) is 1.24. The van der Waals surface area contributed by atoms with Crippen LogP contribution in [0.5, 0.6) is 0 Å². The summed E-state index contributed by atoms with van der Waals surface area (Å²) in [6, 6.07) is 5.62. The van der Waals surface area contributed by atoms with Crippen LogP contribution in [0.3, 0.4) is 0 Å². The largest absolute Gasteiger partial charge is 0.468 e. The minimum Gasteiger partial charge on any atom is -0.468 e. The van der Waals surface area contributed by atoms with Gasteiger partial charge in [-0.25, -0.2) is 0 Å². The predicted molar refractivity (Wildman–Crippen MR) is 68.4 cm³/mol. The lowest BCUT2D eigenvalue weighted by Crippen LogP contribution is -2.31. The third-order valence-electron chi connectivity index (χ3n) is 2.25. The van der Waals surface area contributed by atoms with Gasteiger partial charge < -0.3 is 10.5 Å². The molecule has 1 aromatic rings. The Morgan fingerprint density at radius 2 is 2.11 bits per heavy atom. The molecular weight excluding hydrogens is 256 g/mol. The predicted octanol–water partition coefficient (Wildman–Crippen LogP) is 1.58. The average molecular weight is 270 g/mol. The van der Waals surface area contributed by atoms with Gasteiger partial charge in [-0.2, -0.15) is 0 Å². The van der Waals surface area contributed by atoms with Crippen molar-refractivity contribution in [3.05, 3.63) is 34.4 Å². The van der Waals surface area contributed by atoms with Gasteiger partial charge >= 0.3 is 5.97 Å². The molecule has 0 radical (unpaired) electrons. The summed E-state index contributed by atoms with van der Waals surface area (Å²) in [6.07, 6.45) is 0.494. The maximum Gasteiger partial charge on any atom is 0.322 e. The fourth-order valence-corrected chi connectivity index (χ4v) is 2.17. The van der Waals surface area contributed by atoms with Gasteiger partial charge in [0.15, 0.2) is 0 Å². The van der Waals surface area contributed by atoms with E-state index in [9.17, 15) is 14.9 Å². The molecule has 0 heterocycles. The van der Waals surface area contributed by atoms with Crippen molar-refractivity contribution >= 4 is 23.4 Å². The number of esters is 1. The quantitative estimate of drug-likeness (QED) is 0.365. The van der Waals surface area contributed by atoms with Gasteiger partial charge in [-0.15, -0.1) is 11.8 Å². The molecule has 0 aliphatic rings. The zero-order valence-corrected chi connectivity index (χ0v) is 10.7. The van der Waals surface area contributed by atoms with Crippen LogP contribution in [0, 0.1) is 10.1 Å². The fraction of sp³-hybridized carbons (Fsp3) is 0.364. The molecule has 1 aromatic carbocycles. The molecule has 0 aromatic heterocycles. The Labute approximate surface area is 109 Å². The third-order valence-corrected chi connectivity index (χ3v) is 3.29. The van der Waals surface area contributed by atoms with Crippen molar-refractivity contribution in [2.75, 3.05) is 12.9 Å². The molecule has 1 unspecified atom stereocenters. The van der Waals surface area contributed by atoms with Crippen LogP contribution < -0.4 is 5.73 Å². The highest BCUT2D eigenvalue weighted by Crippen LogP contribution is 2.22. The number of benzene rings is 1. The van der Waals surface area contributed by atoms with Gasteiger partial charge in [0.1, 0.15) is 6.04 Å². The van der Waals surface area contributed by atoms with Crippen LogP contribution in [0.2, 0.25) is 0 Å². The Morgan fingerprint density at radius 1 is 1.50 bits per heavy atom. The van der Waals surface area contributed by atoms with Gasteiger partial charge in [-0.05, 0) is 18.6 Å². The van der Waals surface area contributed by atoms with Crippen molar-refractivity contribution in [3.8, 4) is 0 Å². The summed E-state index contributed by atoms with van der Waals surface area (Å²) in [6.45, 7) is 0. The Kier molecular flexibility index (Phi) is 5.60. The maximum absolute atomic E-state index is 11.0. The number of nitrogens with two attached hydrogens (primary N) is 1. The summed E-state index contributed by atoms with van der Waals surface area (Å²) in [5.41, 5.74) is 5.64. The van der Waals surface area contributed by atoms with Crippen molar-refractivity contribution in [2.45, 2.75) is 17.4 Å². The lowest BCUT2D eigenvalue weighted by atomic mass is 10.2. The summed E-state index contributed by atoms with van der Waals surface area (Å²) < 4.78 is 4.51. The van der Waals surface area contributed by atoms with Crippen molar-refractivity contribution in [2.24, 2.45) is 5.73 Å². The summed E-state index contributed by atoms with van der Waals surface area (Å²) in [5.74, 6) is 0.216. The SMILES string of the molecule is COC(=O)C(N)CCSc1ccc([N+](=O)[O-])cc1. The van der Waals surface area contributed by atoms with Crippen LogP contribution in [0.25, 0.3) is 0 Å². The van der Waals surface area contributed by atoms with Crippen LogP contribution in [0.1, 0.15) is 6.42 Å². The van der Waals surface area contributed by atoms with Crippen LogP contribution >= 0.6 is 11.8 Å². The molecule has 0 bridgehead atoms. The van der Waals surface area contributed by atoms with Crippen LogP contribution in [-0.4, -0.2) is 29.8 Å². The zero-order valence-electron chi connectivity index (χ0n) is 9.87. The van der Waals surface area contributed by atoms with Crippen LogP contribution in [0.15, 0.2) is 29.2 Å². The minimum absolute atomic E-state index is 0.0608. The van der Waals surface area contributed by atoms with Crippen molar-refractivity contribution in [3.63, 3.8) is 0 Å². The number of thioether (sulfide) groups is 1. The number of nitro groups is 1. The number of non-ortho nitro benzene ring substituents is 1. The van der Waals surface area contributed by atoms with E-state index >= 15 is 0 Å². The second kappa shape index (κ2) is 6.97. The molecule has 0 amide bonds. The molecule has 1 atom stereocenters. The second-order valence-corrected chi connectivity index (χ2v) is 4.69. The lowest BCUT2D eigenvalue weighted by Gasteiger charge is -2.08. The number of hydrogen-bond acceptors (Lipinski definition) is 6. The summed E-state index contributed by atoms with van der Waals surface area (Å²) in [7, 11) is 1.30. The zero-order chi connectivity index (χ0) is 13.5. The van der Waals surface area contributed by atoms with Gasteiger partial charge in [0, 0.05) is 22.8 Å². The van der Waals surface area contributed by atoms with E-state index in [1.54, 1.807) is 12.1 Å². The van der Waals surface area contributed by atoms with E-state index in [2.05, 4.69) is 4.74 Å². The number of carbonyl (C=O) groups is 1. The Morgan fingerprint density at radius 3 is 2.61 bits per heavy atom. The lowest BCUT2D eigenvalue weighted by molar-refractivity contribution is -0.384. The first-order chi connectivity index (χ1) is 8.54. The van der Waals surface area contributed by atoms with E-state index in [4.69, 9.17) is 5.73 Å². The van der Waals surface area contributed by atoms with E-state index in [1.165, 1.54) is 31.0 Å². The van der Waals surface area contributed by atoms with E-state index in [0.717, 1.165) is 4.90 Å². The highest BCUT2D eigenvalue weighted by Gasteiger charge is 2.13. The number of carbonyl (C=O) groups excluding carboxylic acids is 1. The van der Waals surface area contributed by atoms with Crippen LogP contribution in [-0.2, 0) is 9.53 Å². The number of nitro benzene ring substituents is 1. The van der Waals surface area contributed by atoms with Crippen molar-refractivity contribution in [1.82, 2.24) is 0 Å². The highest BCUT2D eigenvalue weighted by atomic mass is 32.2. The van der Waals surface area contributed by atoms with Crippen molar-refractivity contribution < 1.29 is 14.5 Å². The first-order valence-corrected chi connectivity index (χ1v) is 6.24. The normalized spacial score (nSPS) is 11.9. The molecule has 0 aliphatic heterocycles. The second-order valence-electron chi connectivity index (χ2n) is 3.52. The Balaban J connectivity index is 2.40. The summed E-state index contributed by atoms with van der Waals surface area (Å²) in [5, 5.41) is 10.5. The van der Waals surface area contributed by atoms with E-state index in [1.807, 2.05) is 0 Å². The summed E-state index contributed by atoms with van der Waals surface area (Å²) in [4.78, 5) is 22.0. The molecule has 18 heavy (non-hydrogen) atoms. The summed E-state index contributed by atoms with van der Waals surface area (Å²) >= 11 is 1.49. The van der Waals surface area contributed by atoms with Crippen LogP contribution in [0.4, 0.5) is 5.69 Å². The minimum atomic E-state index is -0.624. The van der Waals surface area contributed by atoms with Gasteiger partial charge in [-0.1, -0.05) is 0 Å². The number of hydrogen-bond donors (Lipinski definition) is 1. The number of nitrogens with zero attached hydrogens (tertiary/aromatic N) is 1. The maximum atomic E-state index is 11.0. The smallest absolute Gasteiger partial charge is 0.322 e. The molecule has 0 saturated carbocycles. The van der Waals surface area contributed by atoms with Gasteiger partial charge in [0.05, 0.1) is 12.0 Å². The standard InChI is InChI=1S/C11H14N2O4S/c1-17-11(14)10(12)6-7-18-9-4-2-8(3-5-9)13(15)16/h2-5,10H,6-7,12H2,1H3. The number of ether oxygens (including phenoxy) is 1. The molecule has 7 heteroatoms. The van der Waals surface area contributed by atoms with Gasteiger partial charge in [0.25, 0.3) is 5.69 Å². The molecule has 6 nitrogen and oxygen atoms in total. The molecule has 98 valence electrons. The van der Waals surface area contributed by atoms with Gasteiger partial charge in [0.2, 0.25) is 0 Å². The Bertz CT molecular complexity index is 422. The first kappa shape index (κ1) is 14.5. The first-order valence-electron chi connectivity index (χ1n) is 5.25. The van der Waals surface area contributed by atoms with Gasteiger partial charge in [-0.3, -0.25) is 14.9 Å².